The van der Waals surface area contributed by atoms with Crippen LogP contribution in [0.25, 0.3) is 0 Å². The van der Waals surface area contributed by atoms with Crippen LogP contribution in [0.5, 0.6) is 23.0 Å². The molecule has 2 aromatic carbocycles. The van der Waals surface area contributed by atoms with Crippen LogP contribution in [0.15, 0.2) is 36.4 Å². The van der Waals surface area contributed by atoms with Gasteiger partial charge in [0.1, 0.15) is 24.7 Å². The van der Waals surface area contributed by atoms with Crippen LogP contribution in [0.4, 0.5) is 5.69 Å². The molecule has 1 unspecified atom stereocenters. The zero-order valence-electron chi connectivity index (χ0n) is 17.7. The van der Waals surface area contributed by atoms with Crippen LogP contribution in [0.3, 0.4) is 0 Å². The number of rotatable bonds is 7. The summed E-state index contributed by atoms with van der Waals surface area (Å²) in [6.07, 6.45) is 0.826. The van der Waals surface area contributed by atoms with Gasteiger partial charge in [-0.3, -0.25) is 9.59 Å². The molecule has 0 saturated carbocycles. The zero-order chi connectivity index (χ0) is 21.8. The topological polar surface area (TPSA) is 86.3 Å². The third kappa shape index (κ3) is 4.52. The molecule has 0 aliphatic carbocycles. The third-order valence-electron chi connectivity index (χ3n) is 5.49. The highest BCUT2D eigenvalue weighted by Crippen LogP contribution is 2.36. The lowest BCUT2D eigenvalue weighted by atomic mass is 10.1. The fraction of sp³-hybridized carbons (Fsp3) is 0.391. The SMILES string of the molecule is COc1ccc(OC)c(N2CC(C(=O)NCCc3ccc4c(c3)OCCO4)CC2=O)c1. The number of nitrogens with one attached hydrogen (secondary N) is 1. The fourth-order valence-electron chi connectivity index (χ4n) is 3.84. The van der Waals surface area contributed by atoms with Crippen molar-refractivity contribution in [2.45, 2.75) is 12.8 Å². The Hall–Kier alpha value is -3.42. The first-order chi connectivity index (χ1) is 15.1. The minimum atomic E-state index is -0.413. The molecular formula is C23H26N2O6. The average Bonchev–Trinajstić information content (AvgIpc) is 3.20. The van der Waals surface area contributed by atoms with E-state index in [4.69, 9.17) is 18.9 Å². The molecule has 2 amide bonds. The van der Waals surface area contributed by atoms with Gasteiger partial charge in [-0.05, 0) is 36.2 Å². The lowest BCUT2D eigenvalue weighted by Gasteiger charge is -2.20. The molecule has 2 aliphatic heterocycles. The Kier molecular flexibility index (Phi) is 6.16. The molecule has 8 nitrogen and oxygen atoms in total. The summed E-state index contributed by atoms with van der Waals surface area (Å²) >= 11 is 0. The number of carbonyl (C=O) groups is 2. The van der Waals surface area contributed by atoms with Gasteiger partial charge < -0.3 is 29.2 Å². The monoisotopic (exact) mass is 426 g/mol. The standard InChI is InChI=1S/C23H26N2O6/c1-28-17-4-6-19(29-2)18(13-17)25-14-16(12-22(25)26)23(27)24-8-7-15-3-5-20-21(11-15)31-10-9-30-20/h3-6,11,13,16H,7-10,12,14H2,1-2H3,(H,24,27). The highest BCUT2D eigenvalue weighted by Gasteiger charge is 2.36. The van der Waals surface area contributed by atoms with Crippen molar-refractivity contribution in [3.05, 3.63) is 42.0 Å². The van der Waals surface area contributed by atoms with E-state index >= 15 is 0 Å². The van der Waals surface area contributed by atoms with Crippen molar-refractivity contribution >= 4 is 17.5 Å². The number of anilines is 1. The Labute approximate surface area is 181 Å². The van der Waals surface area contributed by atoms with Gasteiger partial charge >= 0.3 is 0 Å². The Morgan fingerprint density at radius 3 is 2.68 bits per heavy atom. The summed E-state index contributed by atoms with van der Waals surface area (Å²) < 4.78 is 21.8. The maximum absolute atomic E-state index is 12.7. The molecule has 2 aromatic rings. The van der Waals surface area contributed by atoms with Crippen LogP contribution >= 0.6 is 0 Å². The molecule has 31 heavy (non-hydrogen) atoms. The van der Waals surface area contributed by atoms with E-state index in [1.807, 2.05) is 18.2 Å². The molecule has 0 spiro atoms. The predicted octanol–water partition coefficient (Wildman–Crippen LogP) is 2.19. The molecule has 1 saturated heterocycles. The molecule has 0 radical (unpaired) electrons. The van der Waals surface area contributed by atoms with Crippen LogP contribution in [-0.4, -0.2) is 52.3 Å². The normalized spacial score (nSPS) is 17.4. The maximum atomic E-state index is 12.7. The molecule has 1 N–H and O–H groups in total. The summed E-state index contributed by atoms with van der Waals surface area (Å²) in [7, 11) is 3.11. The largest absolute Gasteiger partial charge is 0.497 e. The zero-order valence-corrected chi connectivity index (χ0v) is 17.7. The summed E-state index contributed by atoms with van der Waals surface area (Å²) in [5, 5.41) is 2.95. The number of carbonyl (C=O) groups excluding carboxylic acids is 2. The van der Waals surface area contributed by atoms with E-state index in [0.29, 0.717) is 49.9 Å². The lowest BCUT2D eigenvalue weighted by molar-refractivity contribution is -0.126. The highest BCUT2D eigenvalue weighted by molar-refractivity contribution is 6.01. The van der Waals surface area contributed by atoms with Gasteiger partial charge in [-0.25, -0.2) is 0 Å². The Bertz CT molecular complexity index is 977. The van der Waals surface area contributed by atoms with Gasteiger partial charge in [-0.1, -0.05) is 6.07 Å². The smallest absolute Gasteiger partial charge is 0.227 e. The second kappa shape index (κ2) is 9.16. The number of benzene rings is 2. The van der Waals surface area contributed by atoms with Crippen molar-refractivity contribution in [3.8, 4) is 23.0 Å². The summed E-state index contributed by atoms with van der Waals surface area (Å²) in [6.45, 7) is 1.88. The van der Waals surface area contributed by atoms with Gasteiger partial charge in [-0.15, -0.1) is 0 Å². The second-order valence-electron chi connectivity index (χ2n) is 7.46. The number of ether oxygens (including phenoxy) is 4. The molecule has 0 aromatic heterocycles. The van der Waals surface area contributed by atoms with E-state index < -0.39 is 5.92 Å². The quantitative estimate of drug-likeness (QED) is 0.731. The highest BCUT2D eigenvalue weighted by atomic mass is 16.6. The van der Waals surface area contributed by atoms with E-state index in [-0.39, 0.29) is 18.2 Å². The minimum absolute atomic E-state index is 0.112. The number of methoxy groups -OCH3 is 2. The Morgan fingerprint density at radius 1 is 1.10 bits per heavy atom. The second-order valence-corrected chi connectivity index (χ2v) is 7.46. The van der Waals surface area contributed by atoms with E-state index in [9.17, 15) is 9.59 Å². The van der Waals surface area contributed by atoms with E-state index in [0.717, 1.165) is 17.1 Å². The van der Waals surface area contributed by atoms with Gasteiger partial charge in [-0.2, -0.15) is 0 Å². The molecule has 4 rings (SSSR count). The minimum Gasteiger partial charge on any atom is -0.497 e. The van der Waals surface area contributed by atoms with Crippen LogP contribution in [0, 0.1) is 5.92 Å². The van der Waals surface area contributed by atoms with Gasteiger partial charge in [0.05, 0.1) is 25.8 Å². The average molecular weight is 426 g/mol. The van der Waals surface area contributed by atoms with Gasteiger partial charge in [0.25, 0.3) is 0 Å². The lowest BCUT2D eigenvalue weighted by Crippen LogP contribution is -2.34. The first-order valence-electron chi connectivity index (χ1n) is 10.3. The molecule has 1 atom stereocenters. The molecule has 0 bridgehead atoms. The molecular weight excluding hydrogens is 400 g/mol. The van der Waals surface area contributed by atoms with Crippen molar-refractivity contribution in [1.29, 1.82) is 0 Å². The number of nitrogens with zero attached hydrogens (tertiary/aromatic N) is 1. The van der Waals surface area contributed by atoms with Crippen LogP contribution < -0.4 is 29.2 Å². The van der Waals surface area contributed by atoms with Crippen molar-refractivity contribution in [1.82, 2.24) is 5.32 Å². The van der Waals surface area contributed by atoms with Crippen molar-refractivity contribution in [2.24, 2.45) is 5.92 Å². The first-order valence-corrected chi connectivity index (χ1v) is 10.3. The Balaban J connectivity index is 1.34. The van der Waals surface area contributed by atoms with E-state index in [2.05, 4.69) is 5.32 Å². The van der Waals surface area contributed by atoms with Crippen molar-refractivity contribution < 1.29 is 28.5 Å². The molecule has 1 fully saturated rings. The van der Waals surface area contributed by atoms with Gasteiger partial charge in [0.15, 0.2) is 11.5 Å². The number of fused-ring (bicyclic) bond motifs is 1. The van der Waals surface area contributed by atoms with Crippen LogP contribution in [0.1, 0.15) is 12.0 Å². The molecule has 164 valence electrons. The third-order valence-corrected chi connectivity index (χ3v) is 5.49. The number of amides is 2. The van der Waals surface area contributed by atoms with E-state index in [1.165, 1.54) is 0 Å². The molecule has 2 aliphatic rings. The van der Waals surface area contributed by atoms with Gasteiger partial charge in [0, 0.05) is 25.6 Å². The maximum Gasteiger partial charge on any atom is 0.227 e. The predicted molar refractivity (Wildman–Crippen MR) is 114 cm³/mol. The van der Waals surface area contributed by atoms with Crippen LogP contribution in [-0.2, 0) is 16.0 Å². The Morgan fingerprint density at radius 2 is 1.90 bits per heavy atom. The van der Waals surface area contributed by atoms with Crippen molar-refractivity contribution in [2.75, 3.05) is 45.4 Å². The number of hydrogen-bond acceptors (Lipinski definition) is 6. The van der Waals surface area contributed by atoms with Crippen molar-refractivity contribution in [3.63, 3.8) is 0 Å². The summed E-state index contributed by atoms with van der Waals surface area (Å²) in [6, 6.07) is 11.1. The number of hydrogen-bond donors (Lipinski definition) is 1. The fourth-order valence-corrected chi connectivity index (χ4v) is 3.84. The molecule has 8 heteroatoms. The van der Waals surface area contributed by atoms with Gasteiger partial charge in [0.2, 0.25) is 11.8 Å². The van der Waals surface area contributed by atoms with Crippen LogP contribution in [0.2, 0.25) is 0 Å². The van der Waals surface area contributed by atoms with E-state index in [1.54, 1.807) is 37.3 Å². The summed E-state index contributed by atoms with van der Waals surface area (Å²) in [5.74, 6) is 2.01. The molecule has 2 heterocycles. The first kappa shape index (κ1) is 20.8. The summed E-state index contributed by atoms with van der Waals surface area (Å²) in [4.78, 5) is 26.9. The summed E-state index contributed by atoms with van der Waals surface area (Å²) in [5.41, 5.74) is 1.66.